The lowest BCUT2D eigenvalue weighted by atomic mass is 9.81. The van der Waals surface area contributed by atoms with Gasteiger partial charge in [0.25, 0.3) is 11.5 Å². The van der Waals surface area contributed by atoms with Crippen LogP contribution in [0.2, 0.25) is 0 Å². The van der Waals surface area contributed by atoms with Crippen molar-refractivity contribution in [2.75, 3.05) is 10.6 Å². The number of aromatic amines is 1. The van der Waals surface area contributed by atoms with Crippen LogP contribution in [0, 0.1) is 0 Å². The number of H-pyrrole nitrogens is 1. The Kier molecular flexibility index (Phi) is 6.10. The molecular weight excluding hydrogens is 526 g/mol. The van der Waals surface area contributed by atoms with Crippen LogP contribution in [0.1, 0.15) is 26.3 Å². The summed E-state index contributed by atoms with van der Waals surface area (Å²) in [6, 6.07) is 36.3. The third-order valence-electron chi connectivity index (χ3n) is 7.21. The van der Waals surface area contributed by atoms with Crippen LogP contribution < -0.4 is 20.9 Å². The monoisotopic (exact) mass is 549 g/mol. The molecule has 5 aromatic carbocycles. The van der Waals surface area contributed by atoms with Crippen LogP contribution in [0.15, 0.2) is 126 Å². The van der Waals surface area contributed by atoms with E-state index in [9.17, 15) is 14.4 Å². The van der Waals surface area contributed by atoms with Crippen molar-refractivity contribution in [2.45, 2.75) is 0 Å². The van der Waals surface area contributed by atoms with E-state index >= 15 is 0 Å². The van der Waals surface area contributed by atoms with Gasteiger partial charge in [-0.05, 0) is 42.0 Å². The largest absolute Gasteiger partial charge is 0.455 e. The highest BCUT2D eigenvalue weighted by molar-refractivity contribution is 6.31. The molecule has 7 heteroatoms. The van der Waals surface area contributed by atoms with Crippen LogP contribution in [-0.2, 0) is 0 Å². The van der Waals surface area contributed by atoms with E-state index in [0.717, 1.165) is 5.69 Å². The number of aromatic nitrogens is 1. The van der Waals surface area contributed by atoms with Crippen LogP contribution in [0.25, 0.3) is 22.0 Å². The minimum atomic E-state index is -0.595. The van der Waals surface area contributed by atoms with Crippen molar-refractivity contribution in [3.8, 4) is 22.6 Å². The van der Waals surface area contributed by atoms with Crippen LogP contribution in [0.5, 0.6) is 11.5 Å². The van der Waals surface area contributed by atoms with Crippen molar-refractivity contribution in [3.63, 3.8) is 0 Å². The molecule has 0 aliphatic heterocycles. The van der Waals surface area contributed by atoms with Crippen molar-refractivity contribution in [1.29, 1.82) is 0 Å². The minimum absolute atomic E-state index is 0.0879. The normalized spacial score (nSPS) is 11.6. The molecule has 7 rings (SSSR count). The molecule has 0 radical (unpaired) electrons. The zero-order valence-corrected chi connectivity index (χ0v) is 22.2. The lowest BCUT2D eigenvalue weighted by Crippen LogP contribution is -2.27. The van der Waals surface area contributed by atoms with Crippen molar-refractivity contribution in [2.24, 2.45) is 0 Å². The maximum absolute atomic E-state index is 14.2. The third-order valence-corrected chi connectivity index (χ3v) is 7.21. The molecule has 1 aromatic heterocycles. The Morgan fingerprint density at radius 2 is 1.26 bits per heavy atom. The van der Waals surface area contributed by atoms with Crippen molar-refractivity contribution in [1.82, 2.24) is 4.98 Å². The van der Waals surface area contributed by atoms with Gasteiger partial charge in [-0.2, -0.15) is 0 Å². The molecule has 0 fully saturated rings. The number of pyridine rings is 1. The Morgan fingerprint density at radius 1 is 0.667 bits per heavy atom. The maximum Gasteiger partial charge on any atom is 0.262 e. The van der Waals surface area contributed by atoms with Gasteiger partial charge in [0.05, 0.1) is 16.8 Å². The summed E-state index contributed by atoms with van der Waals surface area (Å²) >= 11 is 0. The van der Waals surface area contributed by atoms with Crippen LogP contribution >= 0.6 is 0 Å². The second-order valence-corrected chi connectivity index (χ2v) is 9.85. The quantitative estimate of drug-likeness (QED) is 0.199. The first kappa shape index (κ1) is 25.0. The molecule has 0 unspecified atom stereocenters. The molecule has 1 aliphatic carbocycles. The van der Waals surface area contributed by atoms with Crippen LogP contribution in [0.3, 0.4) is 0 Å². The summed E-state index contributed by atoms with van der Waals surface area (Å²) < 4.78 is 6.30. The lowest BCUT2D eigenvalue weighted by Gasteiger charge is -2.25. The van der Waals surface area contributed by atoms with Gasteiger partial charge in [-0.3, -0.25) is 14.4 Å². The molecule has 6 aromatic rings. The van der Waals surface area contributed by atoms with Gasteiger partial charge in [0.1, 0.15) is 11.3 Å². The lowest BCUT2D eigenvalue weighted by molar-refractivity contribution is 0.102. The number of benzene rings is 5. The number of ketones is 1. The van der Waals surface area contributed by atoms with Crippen molar-refractivity contribution < 1.29 is 14.3 Å². The Hall–Kier alpha value is -5.95. The van der Waals surface area contributed by atoms with Crippen molar-refractivity contribution >= 4 is 39.7 Å². The van der Waals surface area contributed by atoms with Gasteiger partial charge < -0.3 is 20.4 Å². The highest BCUT2D eigenvalue weighted by Crippen LogP contribution is 2.47. The number of hydrogen-bond acceptors (Lipinski definition) is 5. The number of carbonyl (C=O) groups excluding carboxylic acids is 2. The highest BCUT2D eigenvalue weighted by atomic mass is 16.5. The Labute approximate surface area is 240 Å². The molecule has 1 aliphatic rings. The average Bonchev–Trinajstić information content (AvgIpc) is 3.02. The van der Waals surface area contributed by atoms with Crippen molar-refractivity contribution in [3.05, 3.63) is 148 Å². The third kappa shape index (κ3) is 4.30. The topological polar surface area (TPSA) is 100 Å². The summed E-state index contributed by atoms with van der Waals surface area (Å²) in [4.78, 5) is 44.6. The first-order valence-electron chi connectivity index (χ1n) is 13.4. The molecule has 0 bridgehead atoms. The Morgan fingerprint density at radius 3 is 1.95 bits per heavy atom. The molecule has 1 amide bonds. The molecule has 0 saturated carbocycles. The van der Waals surface area contributed by atoms with Crippen LogP contribution in [-0.4, -0.2) is 16.7 Å². The second kappa shape index (κ2) is 10.2. The molecule has 1 heterocycles. The Balaban J connectivity index is 1.55. The van der Waals surface area contributed by atoms with E-state index in [1.807, 2.05) is 54.6 Å². The van der Waals surface area contributed by atoms with Gasteiger partial charge in [0, 0.05) is 34.0 Å². The summed E-state index contributed by atoms with van der Waals surface area (Å²) in [5, 5.41) is 6.65. The molecule has 42 heavy (non-hydrogen) atoms. The van der Waals surface area contributed by atoms with Gasteiger partial charge in [0.15, 0.2) is 11.5 Å². The number of rotatable bonds is 6. The molecule has 3 N–H and O–H groups in total. The number of nitrogens with one attached hydrogen (secondary N) is 3. The maximum atomic E-state index is 14.2. The number of hydrogen-bond donors (Lipinski definition) is 3. The number of para-hydroxylation sites is 3. The summed E-state index contributed by atoms with van der Waals surface area (Å²) in [5.74, 6) is 0.0730. The molecule has 0 saturated heterocycles. The van der Waals surface area contributed by atoms with E-state index in [1.54, 1.807) is 66.7 Å². The van der Waals surface area contributed by atoms with E-state index in [2.05, 4.69) is 15.6 Å². The minimum Gasteiger partial charge on any atom is -0.455 e. The number of carbonyl (C=O) groups is 2. The van der Waals surface area contributed by atoms with Gasteiger partial charge >= 0.3 is 0 Å². The van der Waals surface area contributed by atoms with E-state index in [4.69, 9.17) is 4.74 Å². The smallest absolute Gasteiger partial charge is 0.262 e. The van der Waals surface area contributed by atoms with E-state index < -0.39 is 11.5 Å². The standard InChI is InChI=1S/C35H23N3O4/c39-33-25-19-11-10-18-24(25)28-30-29(33)26(36-21-12-4-1-5-13-21)20-27(42-23-16-8-3-9-17-23)32(30)38-35(41)31(28)34(40)37-22-14-6-2-7-15-22/h1-20,36H,(H,37,40)(H,38,41). The predicted molar refractivity (Wildman–Crippen MR) is 164 cm³/mol. The summed E-state index contributed by atoms with van der Waals surface area (Å²) in [7, 11) is 0. The molecule has 0 atom stereocenters. The molecule has 7 nitrogen and oxygen atoms in total. The summed E-state index contributed by atoms with van der Waals surface area (Å²) in [6.45, 7) is 0. The van der Waals surface area contributed by atoms with Gasteiger partial charge in [-0.15, -0.1) is 0 Å². The number of fused-ring (bicyclic) bond motifs is 2. The number of ether oxygens (including phenoxy) is 1. The van der Waals surface area contributed by atoms with E-state index in [-0.39, 0.29) is 11.3 Å². The highest BCUT2D eigenvalue weighted by Gasteiger charge is 2.34. The van der Waals surface area contributed by atoms with Gasteiger partial charge in [-0.1, -0.05) is 78.9 Å². The van der Waals surface area contributed by atoms with Gasteiger partial charge in [-0.25, -0.2) is 0 Å². The molecular formula is C35H23N3O4. The fourth-order valence-corrected chi connectivity index (χ4v) is 5.39. The fourth-order valence-electron chi connectivity index (χ4n) is 5.39. The van der Waals surface area contributed by atoms with E-state index in [1.165, 1.54) is 0 Å². The predicted octanol–water partition coefficient (Wildman–Crippen LogP) is 7.53. The van der Waals surface area contributed by atoms with Crippen LogP contribution in [0.4, 0.5) is 17.1 Å². The first-order valence-corrected chi connectivity index (χ1v) is 13.4. The van der Waals surface area contributed by atoms with E-state index in [0.29, 0.717) is 56.0 Å². The van der Waals surface area contributed by atoms with Gasteiger partial charge in [0.2, 0.25) is 0 Å². The summed E-state index contributed by atoms with van der Waals surface area (Å²) in [5.41, 5.74) is 3.06. The molecule has 202 valence electrons. The summed E-state index contributed by atoms with van der Waals surface area (Å²) in [6.07, 6.45) is 0. The fraction of sp³-hybridized carbons (Fsp3) is 0. The zero-order valence-electron chi connectivity index (χ0n) is 22.2. The molecule has 0 spiro atoms. The Bertz CT molecular complexity index is 2050. The number of amides is 1. The average molecular weight is 550 g/mol. The SMILES string of the molecule is O=C(Nc1ccccc1)c1c2c3c(c(Nc4ccccc4)cc(Oc4ccccc4)c3[nH]c1=O)C(=O)c1ccccc1-2. The zero-order chi connectivity index (χ0) is 28.6. The second-order valence-electron chi connectivity index (χ2n) is 9.85. The first-order chi connectivity index (χ1) is 20.6. The number of anilines is 3.